The van der Waals surface area contributed by atoms with E-state index in [0.717, 1.165) is 9.64 Å². The molecule has 2 N–H and O–H groups in total. The molecule has 0 saturated carbocycles. The first-order chi connectivity index (χ1) is 14.6. The van der Waals surface area contributed by atoms with Gasteiger partial charge >= 0.3 is 6.18 Å². The molecule has 2 atom stereocenters. The highest BCUT2D eigenvalue weighted by atomic mass is 127. The molecular weight excluding hydrogens is 535 g/mol. The average molecular weight is 550 g/mol. The molecule has 31 heavy (non-hydrogen) atoms. The molecule has 0 bridgehead atoms. The maximum atomic E-state index is 14.8. The van der Waals surface area contributed by atoms with Crippen molar-refractivity contribution in [3.05, 3.63) is 62.9 Å². The van der Waals surface area contributed by atoms with E-state index >= 15 is 0 Å². The van der Waals surface area contributed by atoms with Gasteiger partial charge in [-0.3, -0.25) is 4.79 Å². The molecule has 0 radical (unpaired) electrons. The van der Waals surface area contributed by atoms with E-state index in [0.29, 0.717) is 12.1 Å². The van der Waals surface area contributed by atoms with Crippen LogP contribution in [0.15, 0.2) is 36.8 Å². The molecule has 7 nitrogen and oxygen atoms in total. The number of carbonyl (C=O) groups is 1. The second-order valence-electron chi connectivity index (χ2n) is 7.06. The van der Waals surface area contributed by atoms with E-state index in [1.54, 1.807) is 6.20 Å². The Morgan fingerprint density at radius 1 is 1.35 bits per heavy atom. The average Bonchev–Trinajstić information content (AvgIpc) is 3.12. The molecule has 3 heterocycles. The zero-order chi connectivity index (χ0) is 22.4. The Labute approximate surface area is 186 Å². The summed E-state index contributed by atoms with van der Waals surface area (Å²) in [5.41, 5.74) is -2.81. The predicted octanol–water partition coefficient (Wildman–Crippen LogP) is 2.90. The highest BCUT2D eigenvalue weighted by Crippen LogP contribution is 2.37. The van der Waals surface area contributed by atoms with E-state index in [4.69, 9.17) is 4.74 Å². The van der Waals surface area contributed by atoms with Gasteiger partial charge in [-0.2, -0.15) is 18.3 Å². The molecule has 164 valence electrons. The summed E-state index contributed by atoms with van der Waals surface area (Å²) in [6.07, 6.45) is -1.72. The lowest BCUT2D eigenvalue weighted by atomic mass is 9.79. The first-order valence-electron chi connectivity index (χ1n) is 9.06. The molecule has 1 aliphatic rings. The van der Waals surface area contributed by atoms with Gasteiger partial charge in [-0.25, -0.2) is 13.9 Å². The molecule has 4 rings (SSSR count). The van der Waals surface area contributed by atoms with Crippen molar-refractivity contribution in [2.45, 2.75) is 24.2 Å². The van der Waals surface area contributed by atoms with Crippen LogP contribution in [0, 0.1) is 9.39 Å². The Hall–Kier alpha value is -2.32. The number of amides is 1. The van der Waals surface area contributed by atoms with Crippen molar-refractivity contribution in [3.8, 4) is 0 Å². The fraction of sp³-hybridized carbons (Fsp3) is 0.316. The standard InChI is InChI=1S/C19H15F4IN4O3/c20-14-5-10(19(21,22)23)1-2-13(14)18(3-4-31-9-15(18)29)27-17(30)12-7-26-28-8-11(24)6-25-16(12)28/h1-2,5-8,15,29H,3-4,9H2,(H,27,30)/t15-,18+/m1/s1. The van der Waals surface area contributed by atoms with Gasteiger partial charge in [-0.05, 0) is 34.7 Å². The second kappa shape index (κ2) is 7.98. The van der Waals surface area contributed by atoms with Gasteiger partial charge in [0.15, 0.2) is 5.65 Å². The van der Waals surface area contributed by atoms with Gasteiger partial charge in [0.05, 0.1) is 23.9 Å². The molecule has 12 heteroatoms. The molecular formula is C19H15F4IN4O3. The normalized spacial score (nSPS) is 21.9. The highest BCUT2D eigenvalue weighted by Gasteiger charge is 2.46. The Balaban J connectivity index is 1.76. The number of nitrogens with zero attached hydrogens (tertiary/aromatic N) is 3. The van der Waals surface area contributed by atoms with Gasteiger partial charge in [0, 0.05) is 34.6 Å². The van der Waals surface area contributed by atoms with Crippen LogP contribution in [0.5, 0.6) is 0 Å². The van der Waals surface area contributed by atoms with Crippen LogP contribution in [0.3, 0.4) is 0 Å². The number of carbonyl (C=O) groups excluding carboxylic acids is 1. The summed E-state index contributed by atoms with van der Waals surface area (Å²) in [4.78, 5) is 17.2. The number of alkyl halides is 3. The van der Waals surface area contributed by atoms with Crippen molar-refractivity contribution in [1.29, 1.82) is 0 Å². The van der Waals surface area contributed by atoms with Crippen molar-refractivity contribution in [2.24, 2.45) is 0 Å². The van der Waals surface area contributed by atoms with E-state index in [9.17, 15) is 27.5 Å². The maximum absolute atomic E-state index is 14.8. The molecule has 3 aromatic rings. The third-order valence-corrected chi connectivity index (χ3v) is 5.73. The number of halogens is 5. The highest BCUT2D eigenvalue weighted by molar-refractivity contribution is 14.1. The number of ether oxygens (including phenoxy) is 1. The molecule has 1 saturated heterocycles. The summed E-state index contributed by atoms with van der Waals surface area (Å²) in [7, 11) is 0. The van der Waals surface area contributed by atoms with Crippen LogP contribution < -0.4 is 5.32 Å². The van der Waals surface area contributed by atoms with Gasteiger partial charge in [0.1, 0.15) is 17.5 Å². The van der Waals surface area contributed by atoms with Crippen molar-refractivity contribution in [3.63, 3.8) is 0 Å². The monoisotopic (exact) mass is 550 g/mol. The number of fused-ring (bicyclic) bond motifs is 1. The number of hydrogen-bond acceptors (Lipinski definition) is 5. The first-order valence-corrected chi connectivity index (χ1v) is 10.1. The molecule has 1 amide bonds. The molecule has 1 aliphatic heterocycles. The minimum Gasteiger partial charge on any atom is -0.388 e. The quantitative estimate of drug-likeness (QED) is 0.387. The topological polar surface area (TPSA) is 88.8 Å². The number of aliphatic hydroxyl groups is 1. The molecule has 0 unspecified atom stereocenters. The zero-order valence-corrected chi connectivity index (χ0v) is 17.8. The summed E-state index contributed by atoms with van der Waals surface area (Å²) in [6.45, 7) is -0.172. The fourth-order valence-electron chi connectivity index (χ4n) is 3.60. The number of aliphatic hydroxyl groups excluding tert-OH is 1. The molecule has 2 aromatic heterocycles. The minimum atomic E-state index is -4.73. The van der Waals surface area contributed by atoms with Gasteiger partial charge in [-0.1, -0.05) is 6.07 Å². The Bertz CT molecular complexity index is 1150. The lowest BCUT2D eigenvalue weighted by Gasteiger charge is -2.42. The number of aromatic nitrogens is 3. The Morgan fingerprint density at radius 2 is 2.13 bits per heavy atom. The first kappa shape index (κ1) is 21.9. The van der Waals surface area contributed by atoms with E-state index in [1.807, 2.05) is 22.6 Å². The van der Waals surface area contributed by atoms with Crippen molar-refractivity contribution >= 4 is 34.1 Å². The third-order valence-electron chi connectivity index (χ3n) is 5.17. The van der Waals surface area contributed by atoms with E-state index < -0.39 is 35.1 Å². The third kappa shape index (κ3) is 3.99. The van der Waals surface area contributed by atoms with Crippen molar-refractivity contribution < 1.29 is 32.2 Å². The van der Waals surface area contributed by atoms with Gasteiger partial charge in [0.25, 0.3) is 5.91 Å². The van der Waals surface area contributed by atoms with Crippen LogP contribution in [0.1, 0.15) is 27.9 Å². The maximum Gasteiger partial charge on any atom is 0.416 e. The number of benzene rings is 1. The summed E-state index contributed by atoms with van der Waals surface area (Å²) in [5, 5.41) is 17.3. The number of hydrogen-bond donors (Lipinski definition) is 2. The van der Waals surface area contributed by atoms with E-state index in [-0.39, 0.29) is 36.4 Å². The number of nitrogens with one attached hydrogen (secondary N) is 1. The molecule has 1 aromatic carbocycles. The fourth-order valence-corrected chi connectivity index (χ4v) is 4.00. The molecule has 0 aliphatic carbocycles. The van der Waals surface area contributed by atoms with Gasteiger partial charge in [0.2, 0.25) is 0 Å². The van der Waals surface area contributed by atoms with Crippen LogP contribution in [0.4, 0.5) is 17.6 Å². The smallest absolute Gasteiger partial charge is 0.388 e. The zero-order valence-electron chi connectivity index (χ0n) is 15.7. The van der Waals surface area contributed by atoms with Gasteiger partial charge in [-0.15, -0.1) is 0 Å². The predicted molar refractivity (Wildman–Crippen MR) is 108 cm³/mol. The van der Waals surface area contributed by atoms with Crippen molar-refractivity contribution in [1.82, 2.24) is 19.9 Å². The van der Waals surface area contributed by atoms with E-state index in [2.05, 4.69) is 15.4 Å². The molecule has 1 fully saturated rings. The van der Waals surface area contributed by atoms with Gasteiger partial charge < -0.3 is 15.2 Å². The number of rotatable bonds is 3. The largest absolute Gasteiger partial charge is 0.416 e. The lowest BCUT2D eigenvalue weighted by Crippen LogP contribution is -2.58. The summed E-state index contributed by atoms with van der Waals surface area (Å²) < 4.78 is 61.1. The second-order valence-corrected chi connectivity index (χ2v) is 8.30. The summed E-state index contributed by atoms with van der Waals surface area (Å²) >= 11 is 2.03. The van der Waals surface area contributed by atoms with E-state index in [1.165, 1.54) is 16.9 Å². The van der Waals surface area contributed by atoms with Crippen LogP contribution in [0.2, 0.25) is 0 Å². The van der Waals surface area contributed by atoms with Crippen LogP contribution in [-0.2, 0) is 16.5 Å². The Kier molecular flexibility index (Phi) is 5.64. The van der Waals surface area contributed by atoms with Crippen molar-refractivity contribution in [2.75, 3.05) is 13.2 Å². The lowest BCUT2D eigenvalue weighted by molar-refractivity contribution is -0.137. The minimum absolute atomic E-state index is 0.0489. The molecule has 0 spiro atoms. The summed E-state index contributed by atoms with van der Waals surface area (Å²) in [6, 6.07) is 2.00. The van der Waals surface area contributed by atoms with Crippen LogP contribution >= 0.6 is 22.6 Å². The van der Waals surface area contributed by atoms with Crippen LogP contribution in [-0.4, -0.2) is 44.9 Å². The Morgan fingerprint density at radius 3 is 2.81 bits per heavy atom. The SMILES string of the molecule is O=C(N[C@]1(c2ccc(C(F)(F)F)cc2F)CCOC[C@H]1O)c1cnn2cc(I)cnc12. The van der Waals surface area contributed by atoms with Crippen LogP contribution in [0.25, 0.3) is 5.65 Å². The summed E-state index contributed by atoms with van der Waals surface area (Å²) in [5.74, 6) is -1.90.